The van der Waals surface area contributed by atoms with Gasteiger partial charge in [0, 0.05) is 29.4 Å². The van der Waals surface area contributed by atoms with E-state index in [1.165, 1.54) is 17.4 Å². The molecule has 1 aromatic heterocycles. The van der Waals surface area contributed by atoms with Gasteiger partial charge in [-0.15, -0.1) is 11.3 Å². The van der Waals surface area contributed by atoms with Crippen molar-refractivity contribution < 1.29 is 14.5 Å². The monoisotopic (exact) mass is 401 g/mol. The lowest BCUT2D eigenvalue weighted by Crippen LogP contribution is -2.33. The molecule has 8 heteroatoms. The molecule has 1 aromatic rings. The van der Waals surface area contributed by atoms with E-state index in [-0.39, 0.29) is 28.3 Å². The third kappa shape index (κ3) is 3.54. The fourth-order valence-corrected chi connectivity index (χ4v) is 5.11. The largest absolute Gasteiger partial charge is 0.444 e. The average molecular weight is 401 g/mol. The molecule has 1 aliphatic heterocycles. The number of allylic oxidation sites excluding steroid dienone is 3. The molecular formula is C20H23N3O4S. The van der Waals surface area contributed by atoms with Crippen LogP contribution in [0.2, 0.25) is 0 Å². The van der Waals surface area contributed by atoms with E-state index in [4.69, 9.17) is 10.5 Å². The van der Waals surface area contributed by atoms with E-state index in [1.54, 1.807) is 0 Å². The minimum absolute atomic E-state index is 0.0251. The maximum Gasteiger partial charge on any atom is 0.283 e. The number of carbonyl (C=O) groups excluding carboxylic acids is 1. The summed E-state index contributed by atoms with van der Waals surface area (Å²) in [5, 5.41) is 21.2. The van der Waals surface area contributed by atoms with E-state index >= 15 is 0 Å². The maximum atomic E-state index is 13.0. The number of unbranched alkanes of at least 4 members (excludes halogenated alkanes) is 1. The number of carbonyl (C=O) groups is 1. The molecule has 1 aliphatic carbocycles. The van der Waals surface area contributed by atoms with Crippen molar-refractivity contribution in [1.29, 1.82) is 5.26 Å². The Kier molecular flexibility index (Phi) is 5.31. The summed E-state index contributed by atoms with van der Waals surface area (Å²) < 4.78 is 5.67. The topological polar surface area (TPSA) is 119 Å². The summed E-state index contributed by atoms with van der Waals surface area (Å²) in [6.45, 7) is 5.98. The third-order valence-corrected chi connectivity index (χ3v) is 6.37. The molecule has 2 aliphatic rings. The van der Waals surface area contributed by atoms with E-state index in [0.717, 1.165) is 12.8 Å². The van der Waals surface area contributed by atoms with E-state index in [0.29, 0.717) is 40.3 Å². The molecule has 28 heavy (non-hydrogen) atoms. The van der Waals surface area contributed by atoms with Gasteiger partial charge in [0.25, 0.3) is 5.69 Å². The number of ether oxygens (including phenoxy) is 1. The lowest BCUT2D eigenvalue weighted by atomic mass is 9.71. The van der Waals surface area contributed by atoms with Crippen LogP contribution in [-0.2, 0) is 16.0 Å². The number of hydrogen-bond donors (Lipinski definition) is 1. The first-order valence-corrected chi connectivity index (χ1v) is 10.1. The number of rotatable bonds is 5. The summed E-state index contributed by atoms with van der Waals surface area (Å²) in [5.41, 5.74) is 6.34. The second-order valence-corrected chi connectivity index (χ2v) is 9.19. The first kappa shape index (κ1) is 20.1. The lowest BCUT2D eigenvalue weighted by Gasteiger charge is -2.36. The average Bonchev–Trinajstić information content (AvgIpc) is 3.01. The quantitative estimate of drug-likeness (QED) is 0.575. The molecule has 148 valence electrons. The molecule has 0 saturated heterocycles. The Balaban J connectivity index is 2.15. The Morgan fingerprint density at radius 2 is 2.18 bits per heavy atom. The SMILES string of the molecule is CCCCc1sc([C@H]2C(C#N)=C(N)OC3=C2C(=O)CC(C)(C)C3)cc1[N+](=O)[O-]. The van der Waals surface area contributed by atoms with Gasteiger partial charge in [0.1, 0.15) is 17.4 Å². The Hall–Kier alpha value is -2.66. The molecule has 3 rings (SSSR count). The number of nitro groups is 1. The predicted molar refractivity (Wildman–Crippen MR) is 105 cm³/mol. The molecule has 0 radical (unpaired) electrons. The number of aryl methyl sites for hydroxylation is 1. The zero-order valence-corrected chi connectivity index (χ0v) is 17.0. The van der Waals surface area contributed by atoms with Crippen LogP contribution >= 0.6 is 11.3 Å². The molecular weight excluding hydrogens is 378 g/mol. The van der Waals surface area contributed by atoms with Crippen LogP contribution in [0, 0.1) is 26.9 Å². The predicted octanol–water partition coefficient (Wildman–Crippen LogP) is 4.45. The Bertz CT molecular complexity index is 949. The van der Waals surface area contributed by atoms with Gasteiger partial charge in [-0.3, -0.25) is 14.9 Å². The van der Waals surface area contributed by atoms with Crippen LogP contribution in [0.3, 0.4) is 0 Å². The van der Waals surface area contributed by atoms with Gasteiger partial charge in [0.2, 0.25) is 5.88 Å². The van der Waals surface area contributed by atoms with Crippen molar-refractivity contribution in [3.63, 3.8) is 0 Å². The van der Waals surface area contributed by atoms with Crippen LogP contribution < -0.4 is 5.73 Å². The summed E-state index contributed by atoms with van der Waals surface area (Å²) in [6.07, 6.45) is 3.20. The van der Waals surface area contributed by atoms with Crippen molar-refractivity contribution in [2.45, 2.75) is 58.8 Å². The number of ketones is 1. The van der Waals surface area contributed by atoms with Gasteiger partial charge in [0.15, 0.2) is 5.78 Å². The smallest absolute Gasteiger partial charge is 0.283 e. The highest BCUT2D eigenvalue weighted by Crippen LogP contribution is 2.50. The molecule has 0 amide bonds. The summed E-state index contributed by atoms with van der Waals surface area (Å²) in [6, 6.07) is 3.55. The summed E-state index contributed by atoms with van der Waals surface area (Å²) in [4.78, 5) is 25.4. The Morgan fingerprint density at radius 1 is 1.46 bits per heavy atom. The molecule has 1 atom stereocenters. The van der Waals surface area contributed by atoms with Gasteiger partial charge in [-0.25, -0.2) is 0 Å². The van der Waals surface area contributed by atoms with Crippen molar-refractivity contribution in [2.24, 2.45) is 11.1 Å². The first-order valence-electron chi connectivity index (χ1n) is 9.29. The minimum Gasteiger partial charge on any atom is -0.444 e. The number of Topliss-reactive ketones (excluding diaryl/α,β-unsaturated/α-hetero) is 1. The second kappa shape index (κ2) is 7.40. The van der Waals surface area contributed by atoms with Gasteiger partial charge in [-0.2, -0.15) is 5.26 Å². The molecule has 0 unspecified atom stereocenters. The maximum absolute atomic E-state index is 13.0. The van der Waals surface area contributed by atoms with E-state index in [1.807, 2.05) is 20.8 Å². The number of nitrogens with two attached hydrogens (primary N) is 1. The van der Waals surface area contributed by atoms with Crippen LogP contribution in [0.25, 0.3) is 0 Å². The van der Waals surface area contributed by atoms with Crippen LogP contribution in [0.15, 0.2) is 28.9 Å². The molecule has 0 fully saturated rings. The van der Waals surface area contributed by atoms with Crippen molar-refractivity contribution in [3.8, 4) is 6.07 Å². The third-order valence-electron chi connectivity index (χ3n) is 5.12. The molecule has 0 aromatic carbocycles. The van der Waals surface area contributed by atoms with E-state index < -0.39 is 10.8 Å². The molecule has 0 spiro atoms. The number of hydrogen-bond acceptors (Lipinski definition) is 7. The number of nitrogens with zero attached hydrogens (tertiary/aromatic N) is 2. The summed E-state index contributed by atoms with van der Waals surface area (Å²) in [7, 11) is 0. The summed E-state index contributed by atoms with van der Waals surface area (Å²) in [5.74, 6) is -0.337. The highest BCUT2D eigenvalue weighted by atomic mass is 32.1. The molecule has 2 heterocycles. The summed E-state index contributed by atoms with van der Waals surface area (Å²) >= 11 is 1.29. The number of nitriles is 1. The standard InChI is InChI=1S/C20H23N3O4S/c1-4-5-6-15-12(23(25)26)7-16(28-15)17-11(10-21)19(22)27-14-9-20(2,3)8-13(24)18(14)17/h7,17H,4-6,8-9,22H2,1-3H3/t17-/m1/s1. The van der Waals surface area contributed by atoms with Crippen LogP contribution in [0.1, 0.15) is 62.1 Å². The zero-order valence-electron chi connectivity index (χ0n) is 16.2. The van der Waals surface area contributed by atoms with Crippen molar-refractivity contribution in [1.82, 2.24) is 0 Å². The van der Waals surface area contributed by atoms with Gasteiger partial charge in [-0.1, -0.05) is 27.2 Å². The van der Waals surface area contributed by atoms with Crippen LogP contribution in [-0.4, -0.2) is 10.7 Å². The zero-order chi connectivity index (χ0) is 20.6. The van der Waals surface area contributed by atoms with Gasteiger partial charge in [0.05, 0.1) is 15.7 Å². The fraction of sp³-hybridized carbons (Fsp3) is 0.500. The lowest BCUT2D eigenvalue weighted by molar-refractivity contribution is -0.385. The van der Waals surface area contributed by atoms with Gasteiger partial charge >= 0.3 is 0 Å². The van der Waals surface area contributed by atoms with Crippen LogP contribution in [0.4, 0.5) is 5.69 Å². The number of thiophene rings is 1. The Morgan fingerprint density at radius 3 is 2.79 bits per heavy atom. The molecule has 0 bridgehead atoms. The molecule has 7 nitrogen and oxygen atoms in total. The Labute approximate surface area is 167 Å². The molecule has 2 N–H and O–H groups in total. The van der Waals surface area contributed by atoms with Crippen molar-refractivity contribution in [2.75, 3.05) is 0 Å². The van der Waals surface area contributed by atoms with E-state index in [9.17, 15) is 20.2 Å². The van der Waals surface area contributed by atoms with Crippen LogP contribution in [0.5, 0.6) is 0 Å². The molecule has 0 saturated carbocycles. The van der Waals surface area contributed by atoms with Gasteiger partial charge < -0.3 is 10.5 Å². The minimum atomic E-state index is -0.698. The van der Waals surface area contributed by atoms with E-state index in [2.05, 4.69) is 6.07 Å². The first-order chi connectivity index (χ1) is 13.2. The van der Waals surface area contributed by atoms with Crippen molar-refractivity contribution in [3.05, 3.63) is 48.7 Å². The van der Waals surface area contributed by atoms with Crippen molar-refractivity contribution >= 4 is 22.8 Å². The fourth-order valence-electron chi connectivity index (χ4n) is 3.82. The normalized spacial score (nSPS) is 21.2. The highest BCUT2D eigenvalue weighted by molar-refractivity contribution is 7.12. The highest BCUT2D eigenvalue weighted by Gasteiger charge is 2.44. The second-order valence-electron chi connectivity index (χ2n) is 8.02. The van der Waals surface area contributed by atoms with Gasteiger partial charge in [-0.05, 0) is 18.3 Å².